The number of fused-ring (bicyclic) bond motifs is 1. The molecule has 1 N–H and O–H groups in total. The number of carbonyl (C=O) groups excluding carboxylic acids is 1. The number of H-pyrrole nitrogens is 1. The number of para-hydroxylation sites is 1. The first-order chi connectivity index (χ1) is 16.3. The smallest absolute Gasteiger partial charge is 0.233 e. The predicted molar refractivity (Wildman–Crippen MR) is 134 cm³/mol. The minimum Gasteiger partial charge on any atom is -0.360 e. The van der Waals surface area contributed by atoms with Crippen molar-refractivity contribution in [3.63, 3.8) is 0 Å². The van der Waals surface area contributed by atoms with Gasteiger partial charge < -0.3 is 9.88 Å². The molecule has 1 atom stereocenters. The van der Waals surface area contributed by atoms with Gasteiger partial charge in [-0.1, -0.05) is 41.6 Å². The summed E-state index contributed by atoms with van der Waals surface area (Å²) in [5, 5.41) is 11.0. The molecule has 0 bridgehead atoms. The molecule has 1 amide bonds. The van der Waals surface area contributed by atoms with Gasteiger partial charge in [0, 0.05) is 46.5 Å². The number of amides is 1. The molecule has 2 aromatic heterocycles. The summed E-state index contributed by atoms with van der Waals surface area (Å²) in [6, 6.07) is 15.0. The molecule has 176 valence electrons. The second kappa shape index (κ2) is 9.09. The van der Waals surface area contributed by atoms with E-state index in [4.69, 9.17) is 11.6 Å². The first-order valence-corrected chi connectivity index (χ1v) is 13.9. The zero-order chi connectivity index (χ0) is 23.9. The summed E-state index contributed by atoms with van der Waals surface area (Å²) in [4.78, 5) is 17.7. The highest BCUT2D eigenvalue weighted by Crippen LogP contribution is 2.33. The number of thioether (sulfide) groups is 1. The van der Waals surface area contributed by atoms with E-state index in [0.29, 0.717) is 22.4 Å². The Hall–Kier alpha value is -2.82. The van der Waals surface area contributed by atoms with Crippen LogP contribution in [0.15, 0.2) is 59.9 Å². The SMILES string of the molecule is CN(C(=O)CSc1nnc(-c2c[nH]c3ccccc23)n1-c1ccc(Cl)cc1)C1CCS(=O)(=O)C1. The van der Waals surface area contributed by atoms with Gasteiger partial charge in [-0.3, -0.25) is 9.36 Å². The topological polar surface area (TPSA) is 101 Å². The lowest BCUT2D eigenvalue weighted by atomic mass is 10.1. The third-order valence-corrected chi connectivity index (χ3v) is 8.94. The van der Waals surface area contributed by atoms with Gasteiger partial charge in [0.25, 0.3) is 0 Å². The minimum absolute atomic E-state index is 0.0194. The highest BCUT2D eigenvalue weighted by atomic mass is 35.5. The average molecular weight is 516 g/mol. The molecule has 1 aliphatic rings. The number of carbonyl (C=O) groups is 1. The number of nitrogens with zero attached hydrogens (tertiary/aromatic N) is 4. The standard InChI is InChI=1S/C23H22ClN5O3S2/c1-28(17-10-11-34(31,32)14-17)21(30)13-33-23-27-26-22(29(23)16-8-6-15(24)7-9-16)19-12-25-20-5-3-2-4-18(19)20/h2-9,12,17,25H,10-11,13-14H2,1H3. The van der Waals surface area contributed by atoms with Crippen LogP contribution in [0.2, 0.25) is 5.02 Å². The van der Waals surface area contributed by atoms with Gasteiger partial charge >= 0.3 is 0 Å². The lowest BCUT2D eigenvalue weighted by molar-refractivity contribution is -0.128. The number of hydrogen-bond donors (Lipinski definition) is 1. The Balaban J connectivity index is 1.46. The number of nitrogens with one attached hydrogen (secondary N) is 1. The molecule has 1 fully saturated rings. The number of sulfone groups is 1. The first-order valence-electron chi connectivity index (χ1n) is 10.7. The van der Waals surface area contributed by atoms with Crippen molar-refractivity contribution >= 4 is 50.0 Å². The van der Waals surface area contributed by atoms with Gasteiger partial charge in [-0.25, -0.2) is 8.42 Å². The van der Waals surface area contributed by atoms with Gasteiger partial charge in [-0.05, 0) is 36.8 Å². The summed E-state index contributed by atoms with van der Waals surface area (Å²) in [5.74, 6) is 0.760. The largest absolute Gasteiger partial charge is 0.360 e. The summed E-state index contributed by atoms with van der Waals surface area (Å²) in [6.45, 7) is 0. The van der Waals surface area contributed by atoms with Crippen LogP contribution in [0.4, 0.5) is 0 Å². The molecule has 1 aliphatic heterocycles. The van der Waals surface area contributed by atoms with Gasteiger partial charge in [0.1, 0.15) is 0 Å². The van der Waals surface area contributed by atoms with Crippen molar-refractivity contribution in [2.75, 3.05) is 24.3 Å². The lowest BCUT2D eigenvalue weighted by Crippen LogP contribution is -2.38. The Morgan fingerprint density at radius 3 is 2.71 bits per heavy atom. The summed E-state index contributed by atoms with van der Waals surface area (Å²) in [6.07, 6.45) is 2.37. The molecule has 34 heavy (non-hydrogen) atoms. The van der Waals surface area contributed by atoms with Crippen molar-refractivity contribution in [1.82, 2.24) is 24.6 Å². The molecule has 1 saturated heterocycles. The Bertz CT molecular complexity index is 1460. The van der Waals surface area contributed by atoms with Crippen LogP contribution in [0.3, 0.4) is 0 Å². The van der Waals surface area contributed by atoms with Crippen LogP contribution in [0, 0.1) is 0 Å². The highest BCUT2D eigenvalue weighted by Gasteiger charge is 2.33. The first kappa shape index (κ1) is 22.9. The van der Waals surface area contributed by atoms with Crippen LogP contribution in [-0.2, 0) is 14.6 Å². The lowest BCUT2D eigenvalue weighted by Gasteiger charge is -2.23. The number of aromatic nitrogens is 4. The Morgan fingerprint density at radius 1 is 1.21 bits per heavy atom. The van der Waals surface area contributed by atoms with Gasteiger partial charge in [0.05, 0.1) is 17.3 Å². The molecule has 3 heterocycles. The number of hydrogen-bond acceptors (Lipinski definition) is 6. The molecule has 8 nitrogen and oxygen atoms in total. The van der Waals surface area contributed by atoms with Crippen LogP contribution >= 0.6 is 23.4 Å². The molecule has 0 radical (unpaired) electrons. The summed E-state index contributed by atoms with van der Waals surface area (Å²) >= 11 is 7.38. The third-order valence-electron chi connectivity index (χ3n) is 6.02. The number of rotatable bonds is 6. The fourth-order valence-electron chi connectivity index (χ4n) is 4.13. The maximum atomic E-state index is 12.8. The van der Waals surface area contributed by atoms with E-state index in [9.17, 15) is 13.2 Å². The van der Waals surface area contributed by atoms with E-state index in [2.05, 4.69) is 15.2 Å². The molecule has 11 heteroatoms. The average Bonchev–Trinajstić information content (AvgIpc) is 3.53. The van der Waals surface area contributed by atoms with Crippen LogP contribution in [0.25, 0.3) is 28.0 Å². The quantitative estimate of drug-likeness (QED) is 0.392. The van der Waals surface area contributed by atoms with Crippen molar-refractivity contribution < 1.29 is 13.2 Å². The zero-order valence-electron chi connectivity index (χ0n) is 18.3. The maximum absolute atomic E-state index is 12.8. The van der Waals surface area contributed by atoms with E-state index in [1.54, 1.807) is 24.1 Å². The fourth-order valence-corrected chi connectivity index (χ4v) is 6.91. The van der Waals surface area contributed by atoms with Gasteiger partial charge in [-0.2, -0.15) is 0 Å². The van der Waals surface area contributed by atoms with Crippen molar-refractivity contribution in [3.05, 3.63) is 59.8 Å². The summed E-state index contributed by atoms with van der Waals surface area (Å²) in [7, 11) is -1.41. The summed E-state index contributed by atoms with van der Waals surface area (Å²) < 4.78 is 25.5. The Kier molecular flexibility index (Phi) is 6.13. The van der Waals surface area contributed by atoms with E-state index >= 15 is 0 Å². The van der Waals surface area contributed by atoms with E-state index in [-0.39, 0.29) is 29.2 Å². The number of aromatic amines is 1. The Morgan fingerprint density at radius 2 is 1.97 bits per heavy atom. The van der Waals surface area contributed by atoms with Gasteiger partial charge in [-0.15, -0.1) is 10.2 Å². The fraction of sp³-hybridized carbons (Fsp3) is 0.261. The number of benzene rings is 2. The Labute approximate surface area is 206 Å². The van der Waals surface area contributed by atoms with Crippen LogP contribution in [-0.4, -0.2) is 69.3 Å². The molecule has 2 aromatic carbocycles. The third kappa shape index (κ3) is 4.45. The second-order valence-corrected chi connectivity index (χ2v) is 11.8. The monoisotopic (exact) mass is 515 g/mol. The molecule has 0 saturated carbocycles. The molecule has 0 aliphatic carbocycles. The van der Waals surface area contributed by atoms with Crippen molar-refractivity contribution in [3.8, 4) is 17.1 Å². The summed E-state index contributed by atoms with van der Waals surface area (Å²) in [5.41, 5.74) is 2.70. The van der Waals surface area contributed by atoms with E-state index in [0.717, 1.165) is 22.2 Å². The van der Waals surface area contributed by atoms with Crippen LogP contribution < -0.4 is 0 Å². The molecule has 5 rings (SSSR count). The predicted octanol–water partition coefficient (Wildman–Crippen LogP) is 3.81. The molecule has 4 aromatic rings. The van der Waals surface area contributed by atoms with Crippen molar-refractivity contribution in [2.24, 2.45) is 0 Å². The second-order valence-electron chi connectivity index (χ2n) is 8.22. The number of halogens is 1. The van der Waals surface area contributed by atoms with E-state index < -0.39 is 9.84 Å². The molecule has 1 unspecified atom stereocenters. The van der Waals surface area contributed by atoms with Gasteiger partial charge in [0.15, 0.2) is 20.8 Å². The minimum atomic E-state index is -3.07. The van der Waals surface area contributed by atoms with Crippen LogP contribution in [0.1, 0.15) is 6.42 Å². The highest BCUT2D eigenvalue weighted by molar-refractivity contribution is 7.99. The van der Waals surface area contributed by atoms with Crippen molar-refractivity contribution in [2.45, 2.75) is 17.6 Å². The van der Waals surface area contributed by atoms with Crippen LogP contribution in [0.5, 0.6) is 0 Å². The zero-order valence-corrected chi connectivity index (χ0v) is 20.7. The van der Waals surface area contributed by atoms with E-state index in [1.807, 2.05) is 47.2 Å². The maximum Gasteiger partial charge on any atom is 0.233 e. The molecular weight excluding hydrogens is 494 g/mol. The van der Waals surface area contributed by atoms with Crippen molar-refractivity contribution in [1.29, 1.82) is 0 Å². The molecular formula is C23H22ClN5O3S2. The normalized spacial score (nSPS) is 17.3. The van der Waals surface area contributed by atoms with Gasteiger partial charge in [0.2, 0.25) is 5.91 Å². The molecule has 0 spiro atoms. The van der Waals surface area contributed by atoms with E-state index in [1.165, 1.54) is 11.8 Å².